The number of amides is 1. The predicted octanol–water partition coefficient (Wildman–Crippen LogP) is 6.07. The summed E-state index contributed by atoms with van der Waals surface area (Å²) in [5.74, 6) is -0.574. The van der Waals surface area contributed by atoms with Crippen LogP contribution in [0.2, 0.25) is 10.0 Å². The number of carbonyl (C=O) groups is 1. The number of halogens is 3. The number of benzene rings is 3. The molecule has 0 aliphatic carbocycles. The van der Waals surface area contributed by atoms with Crippen LogP contribution >= 0.6 is 39.1 Å². The minimum absolute atomic E-state index is 0.0407. The van der Waals surface area contributed by atoms with Crippen LogP contribution in [0.25, 0.3) is 6.08 Å². The molecular formula is C22H13BrCl2N2O4S. The molecule has 3 aromatic carbocycles. The maximum Gasteiger partial charge on any atom is 0.339 e. The Morgan fingerprint density at radius 2 is 1.75 bits per heavy atom. The Hall–Kier alpha value is -2.83. The van der Waals surface area contributed by atoms with Gasteiger partial charge in [0.15, 0.2) is 5.75 Å². The number of rotatable bonds is 6. The molecule has 0 saturated carbocycles. The van der Waals surface area contributed by atoms with Gasteiger partial charge in [-0.3, -0.25) is 4.79 Å². The summed E-state index contributed by atoms with van der Waals surface area (Å²) < 4.78 is 30.4. The fourth-order valence-corrected chi connectivity index (χ4v) is 4.37. The molecule has 0 atom stereocenters. The molecule has 1 amide bonds. The molecule has 3 aromatic rings. The molecule has 0 aliphatic rings. The van der Waals surface area contributed by atoms with Gasteiger partial charge in [0.25, 0.3) is 5.91 Å². The van der Waals surface area contributed by atoms with Gasteiger partial charge < -0.3 is 9.50 Å². The van der Waals surface area contributed by atoms with E-state index in [0.29, 0.717) is 25.8 Å². The molecule has 32 heavy (non-hydrogen) atoms. The van der Waals surface area contributed by atoms with E-state index in [-0.39, 0.29) is 16.2 Å². The fourth-order valence-electron chi connectivity index (χ4n) is 2.52. The first-order chi connectivity index (χ1) is 15.2. The van der Waals surface area contributed by atoms with E-state index in [9.17, 15) is 18.5 Å². The van der Waals surface area contributed by atoms with Gasteiger partial charge in [-0.25, -0.2) is 0 Å². The number of nitriles is 1. The normalized spacial score (nSPS) is 11.5. The zero-order valence-electron chi connectivity index (χ0n) is 16.1. The van der Waals surface area contributed by atoms with Crippen molar-refractivity contribution >= 4 is 66.9 Å². The van der Waals surface area contributed by atoms with Crippen molar-refractivity contribution in [3.8, 4) is 11.8 Å². The minimum Gasteiger partial charge on any atom is -0.378 e. The lowest BCUT2D eigenvalue weighted by atomic mass is 10.1. The molecule has 0 heterocycles. The molecule has 0 saturated heterocycles. The first-order valence-electron chi connectivity index (χ1n) is 8.86. The molecule has 10 heteroatoms. The average molecular weight is 552 g/mol. The van der Waals surface area contributed by atoms with Crippen molar-refractivity contribution < 1.29 is 17.4 Å². The van der Waals surface area contributed by atoms with Crippen molar-refractivity contribution in [1.29, 1.82) is 5.26 Å². The molecule has 0 aliphatic heterocycles. The van der Waals surface area contributed by atoms with Crippen molar-refractivity contribution in [2.75, 3.05) is 5.32 Å². The maximum absolute atomic E-state index is 12.5. The van der Waals surface area contributed by atoms with E-state index in [1.807, 2.05) is 6.07 Å². The van der Waals surface area contributed by atoms with Gasteiger partial charge in [-0.1, -0.05) is 35.3 Å². The Balaban J connectivity index is 1.80. The van der Waals surface area contributed by atoms with Crippen LogP contribution in [0, 0.1) is 11.3 Å². The molecule has 1 N–H and O–H groups in total. The first kappa shape index (κ1) is 23.8. The number of carbonyl (C=O) groups excluding carboxylic acids is 1. The van der Waals surface area contributed by atoms with Crippen LogP contribution in [0.1, 0.15) is 5.56 Å². The van der Waals surface area contributed by atoms with Crippen LogP contribution in [0.5, 0.6) is 5.75 Å². The average Bonchev–Trinajstić information content (AvgIpc) is 2.74. The lowest BCUT2D eigenvalue weighted by Crippen LogP contribution is -2.13. The summed E-state index contributed by atoms with van der Waals surface area (Å²) in [4.78, 5) is 12.4. The minimum atomic E-state index is -4.08. The highest BCUT2D eigenvalue weighted by molar-refractivity contribution is 9.10. The van der Waals surface area contributed by atoms with E-state index in [1.54, 1.807) is 24.3 Å². The molecule has 0 aromatic heterocycles. The first-order valence-corrected chi connectivity index (χ1v) is 11.8. The summed E-state index contributed by atoms with van der Waals surface area (Å²) in [7, 11) is -4.08. The van der Waals surface area contributed by atoms with E-state index < -0.39 is 16.0 Å². The predicted molar refractivity (Wildman–Crippen MR) is 127 cm³/mol. The Morgan fingerprint density at radius 3 is 2.38 bits per heavy atom. The van der Waals surface area contributed by atoms with Crippen LogP contribution in [0.3, 0.4) is 0 Å². The number of anilines is 1. The zero-order chi connectivity index (χ0) is 23.3. The van der Waals surface area contributed by atoms with Gasteiger partial charge in [0.2, 0.25) is 0 Å². The van der Waals surface area contributed by atoms with Crippen LogP contribution in [0.4, 0.5) is 5.69 Å². The standard InChI is InChI=1S/C22H13BrCl2N2O4S/c23-20-11-14(10-15(13-26)22(28)27-18-3-1-2-17(25)12-18)4-9-21(20)31-32(29,30)19-7-5-16(24)6-8-19/h1-12H,(H,27,28)/b15-10+. The zero-order valence-corrected chi connectivity index (χ0v) is 20.0. The lowest BCUT2D eigenvalue weighted by molar-refractivity contribution is -0.112. The van der Waals surface area contributed by atoms with E-state index in [4.69, 9.17) is 27.4 Å². The van der Waals surface area contributed by atoms with E-state index in [1.165, 1.54) is 48.5 Å². The summed E-state index contributed by atoms with van der Waals surface area (Å²) in [6, 6.07) is 18.4. The largest absolute Gasteiger partial charge is 0.378 e. The Kier molecular flexibility index (Phi) is 7.59. The molecule has 162 valence electrons. The molecule has 0 bridgehead atoms. The van der Waals surface area contributed by atoms with Crippen molar-refractivity contribution in [3.05, 3.63) is 92.4 Å². The highest BCUT2D eigenvalue weighted by atomic mass is 79.9. The molecule has 0 spiro atoms. The third-order valence-electron chi connectivity index (χ3n) is 4.02. The smallest absolute Gasteiger partial charge is 0.339 e. The molecule has 0 fully saturated rings. The van der Waals surface area contributed by atoms with Crippen molar-refractivity contribution in [1.82, 2.24) is 0 Å². The summed E-state index contributed by atoms with van der Waals surface area (Å²) in [5.41, 5.74) is 0.770. The third-order valence-corrected chi connectivity index (χ3v) is 6.37. The van der Waals surface area contributed by atoms with Gasteiger partial charge in [0.05, 0.1) is 4.47 Å². The lowest BCUT2D eigenvalue weighted by Gasteiger charge is -2.09. The second-order valence-electron chi connectivity index (χ2n) is 6.32. The Bertz CT molecular complexity index is 1350. The number of nitrogens with one attached hydrogen (secondary N) is 1. The van der Waals surface area contributed by atoms with Crippen molar-refractivity contribution in [2.45, 2.75) is 4.90 Å². The van der Waals surface area contributed by atoms with Crippen LogP contribution < -0.4 is 9.50 Å². The van der Waals surface area contributed by atoms with E-state index >= 15 is 0 Å². The van der Waals surface area contributed by atoms with E-state index in [2.05, 4.69) is 21.2 Å². The topological polar surface area (TPSA) is 96.3 Å². The fraction of sp³-hybridized carbons (Fsp3) is 0. The van der Waals surface area contributed by atoms with Crippen molar-refractivity contribution in [3.63, 3.8) is 0 Å². The molecule has 0 unspecified atom stereocenters. The maximum atomic E-state index is 12.5. The molecule has 3 rings (SSSR count). The van der Waals surface area contributed by atoms with Crippen LogP contribution in [0.15, 0.2) is 81.7 Å². The quantitative estimate of drug-likeness (QED) is 0.228. The van der Waals surface area contributed by atoms with Crippen LogP contribution in [-0.4, -0.2) is 14.3 Å². The summed E-state index contributed by atoms with van der Waals surface area (Å²) in [5, 5.41) is 12.8. The van der Waals surface area contributed by atoms with Gasteiger partial charge >= 0.3 is 10.1 Å². The van der Waals surface area contributed by atoms with Gasteiger partial charge in [0, 0.05) is 15.7 Å². The van der Waals surface area contributed by atoms with Crippen LogP contribution in [-0.2, 0) is 14.9 Å². The number of hydrogen-bond acceptors (Lipinski definition) is 5. The highest BCUT2D eigenvalue weighted by Gasteiger charge is 2.18. The molecular weight excluding hydrogens is 539 g/mol. The summed E-state index contributed by atoms with van der Waals surface area (Å²) >= 11 is 14.9. The Morgan fingerprint density at radius 1 is 1.03 bits per heavy atom. The van der Waals surface area contributed by atoms with Gasteiger partial charge in [-0.15, -0.1) is 0 Å². The third kappa shape index (κ3) is 6.11. The second kappa shape index (κ2) is 10.2. The van der Waals surface area contributed by atoms with Gasteiger partial charge in [-0.2, -0.15) is 13.7 Å². The van der Waals surface area contributed by atoms with Gasteiger partial charge in [0.1, 0.15) is 16.5 Å². The summed E-state index contributed by atoms with van der Waals surface area (Å²) in [6.45, 7) is 0. The number of nitrogens with zero attached hydrogens (tertiary/aromatic N) is 1. The summed E-state index contributed by atoms with van der Waals surface area (Å²) in [6.07, 6.45) is 1.36. The molecule has 6 nitrogen and oxygen atoms in total. The Labute approximate surface area is 203 Å². The molecule has 0 radical (unpaired) electrons. The van der Waals surface area contributed by atoms with Gasteiger partial charge in [-0.05, 0) is 82.2 Å². The second-order valence-corrected chi connectivity index (χ2v) is 9.59. The number of hydrogen-bond donors (Lipinski definition) is 1. The SMILES string of the molecule is N#C/C(=C\c1ccc(OS(=O)(=O)c2ccc(Cl)cc2)c(Br)c1)C(=O)Nc1cccc(Cl)c1. The van der Waals surface area contributed by atoms with E-state index in [0.717, 1.165) is 0 Å². The van der Waals surface area contributed by atoms with Crippen molar-refractivity contribution in [2.24, 2.45) is 0 Å². The monoisotopic (exact) mass is 550 g/mol. The highest BCUT2D eigenvalue weighted by Crippen LogP contribution is 2.30.